The zero-order valence-electron chi connectivity index (χ0n) is 12.7. The van der Waals surface area contributed by atoms with E-state index in [1.807, 2.05) is 31.2 Å². The summed E-state index contributed by atoms with van der Waals surface area (Å²) >= 11 is 0. The highest BCUT2D eigenvalue weighted by molar-refractivity contribution is 5.98. The van der Waals surface area contributed by atoms with E-state index in [-0.39, 0.29) is 0 Å². The van der Waals surface area contributed by atoms with E-state index in [0.717, 1.165) is 41.0 Å². The molecule has 0 aliphatic heterocycles. The lowest BCUT2D eigenvalue weighted by molar-refractivity contribution is 0.198. The van der Waals surface area contributed by atoms with Gasteiger partial charge in [0, 0.05) is 25.8 Å². The first kappa shape index (κ1) is 14.5. The van der Waals surface area contributed by atoms with E-state index in [9.17, 15) is 0 Å². The standard InChI is InChI=1S/C16H18N4O2/c1-11-6-3-4-7-12(11)14-13-15(17-8-5-9-21-2)18-10-19-16(13)22-20-14/h3-4,6-7,10H,5,8-9H2,1-2H3,(H,17,18,19). The zero-order chi connectivity index (χ0) is 15.4. The Hall–Kier alpha value is -2.47. The first-order valence-electron chi connectivity index (χ1n) is 7.20. The van der Waals surface area contributed by atoms with Crippen molar-refractivity contribution < 1.29 is 9.26 Å². The maximum absolute atomic E-state index is 5.36. The molecule has 114 valence electrons. The number of ether oxygens (including phenoxy) is 1. The molecule has 0 unspecified atom stereocenters. The van der Waals surface area contributed by atoms with Gasteiger partial charge in [0.25, 0.3) is 5.71 Å². The molecular weight excluding hydrogens is 280 g/mol. The van der Waals surface area contributed by atoms with Gasteiger partial charge in [0.05, 0.1) is 0 Å². The van der Waals surface area contributed by atoms with Gasteiger partial charge in [-0.1, -0.05) is 29.4 Å². The molecule has 3 aromatic rings. The van der Waals surface area contributed by atoms with Gasteiger partial charge < -0.3 is 14.6 Å². The summed E-state index contributed by atoms with van der Waals surface area (Å²) in [4.78, 5) is 8.49. The second-order valence-corrected chi connectivity index (χ2v) is 5.02. The molecule has 0 spiro atoms. The monoisotopic (exact) mass is 298 g/mol. The maximum Gasteiger partial charge on any atom is 0.263 e. The molecule has 0 atom stereocenters. The van der Waals surface area contributed by atoms with Crippen LogP contribution in [-0.4, -0.2) is 35.4 Å². The highest BCUT2D eigenvalue weighted by Gasteiger charge is 2.17. The summed E-state index contributed by atoms with van der Waals surface area (Å²) in [6.45, 7) is 3.51. The summed E-state index contributed by atoms with van der Waals surface area (Å²) < 4.78 is 10.4. The highest BCUT2D eigenvalue weighted by Crippen LogP contribution is 2.32. The van der Waals surface area contributed by atoms with Crippen LogP contribution in [0.15, 0.2) is 35.1 Å². The number of aromatic nitrogens is 3. The zero-order valence-corrected chi connectivity index (χ0v) is 12.7. The minimum Gasteiger partial charge on any atom is -0.385 e. The molecule has 1 aromatic carbocycles. The number of fused-ring (bicyclic) bond motifs is 1. The third kappa shape index (κ3) is 2.78. The number of anilines is 1. The van der Waals surface area contributed by atoms with Crippen molar-refractivity contribution in [2.75, 3.05) is 25.6 Å². The van der Waals surface area contributed by atoms with Gasteiger partial charge >= 0.3 is 0 Å². The molecule has 2 heterocycles. The summed E-state index contributed by atoms with van der Waals surface area (Å²) in [6, 6.07) is 8.06. The number of aryl methyl sites for hydroxylation is 1. The van der Waals surface area contributed by atoms with Gasteiger partial charge in [-0.15, -0.1) is 0 Å². The number of nitrogens with one attached hydrogen (secondary N) is 1. The molecule has 0 amide bonds. The lowest BCUT2D eigenvalue weighted by Crippen LogP contribution is -2.06. The van der Waals surface area contributed by atoms with Crippen LogP contribution in [0.4, 0.5) is 5.82 Å². The van der Waals surface area contributed by atoms with E-state index in [0.29, 0.717) is 12.3 Å². The molecule has 0 saturated heterocycles. The van der Waals surface area contributed by atoms with Gasteiger partial charge in [0.15, 0.2) is 0 Å². The van der Waals surface area contributed by atoms with Crippen molar-refractivity contribution in [1.29, 1.82) is 0 Å². The smallest absolute Gasteiger partial charge is 0.263 e. The Kier molecular flexibility index (Phi) is 4.29. The van der Waals surface area contributed by atoms with Crippen molar-refractivity contribution in [2.24, 2.45) is 0 Å². The number of hydrogen-bond donors (Lipinski definition) is 1. The van der Waals surface area contributed by atoms with Crippen molar-refractivity contribution in [3.8, 4) is 11.3 Å². The molecule has 22 heavy (non-hydrogen) atoms. The Morgan fingerprint density at radius 2 is 2.09 bits per heavy atom. The maximum atomic E-state index is 5.36. The molecule has 3 rings (SSSR count). The van der Waals surface area contributed by atoms with E-state index in [1.165, 1.54) is 6.33 Å². The van der Waals surface area contributed by atoms with Crippen LogP contribution in [0, 0.1) is 6.92 Å². The van der Waals surface area contributed by atoms with Gasteiger partial charge in [0.2, 0.25) is 0 Å². The van der Waals surface area contributed by atoms with Crippen molar-refractivity contribution in [3.63, 3.8) is 0 Å². The molecule has 2 aromatic heterocycles. The Balaban J connectivity index is 2.00. The number of benzene rings is 1. The summed E-state index contributed by atoms with van der Waals surface area (Å²) in [7, 11) is 1.69. The molecule has 0 bridgehead atoms. The second-order valence-electron chi connectivity index (χ2n) is 5.02. The topological polar surface area (TPSA) is 73.1 Å². The van der Waals surface area contributed by atoms with Crippen LogP contribution in [0.25, 0.3) is 22.4 Å². The van der Waals surface area contributed by atoms with Crippen LogP contribution in [0.3, 0.4) is 0 Å². The van der Waals surface area contributed by atoms with Crippen LogP contribution in [-0.2, 0) is 4.74 Å². The van der Waals surface area contributed by atoms with Crippen LogP contribution in [0.5, 0.6) is 0 Å². The fourth-order valence-electron chi connectivity index (χ4n) is 2.37. The minimum atomic E-state index is 0.488. The van der Waals surface area contributed by atoms with Crippen LogP contribution >= 0.6 is 0 Å². The molecular formula is C16H18N4O2. The average Bonchev–Trinajstić information content (AvgIpc) is 2.97. The number of nitrogens with zero attached hydrogens (tertiary/aromatic N) is 3. The van der Waals surface area contributed by atoms with E-state index in [2.05, 4.69) is 20.4 Å². The highest BCUT2D eigenvalue weighted by atomic mass is 16.5. The molecule has 6 heteroatoms. The van der Waals surface area contributed by atoms with Crippen LogP contribution in [0.2, 0.25) is 0 Å². The van der Waals surface area contributed by atoms with Gasteiger partial charge in [-0.25, -0.2) is 4.98 Å². The predicted molar refractivity (Wildman–Crippen MR) is 84.8 cm³/mol. The van der Waals surface area contributed by atoms with E-state index in [4.69, 9.17) is 9.26 Å². The molecule has 0 aliphatic rings. The normalized spacial score (nSPS) is 11.0. The Morgan fingerprint density at radius 1 is 1.23 bits per heavy atom. The lowest BCUT2D eigenvalue weighted by atomic mass is 10.0. The summed E-state index contributed by atoms with van der Waals surface area (Å²) in [6.07, 6.45) is 2.38. The summed E-state index contributed by atoms with van der Waals surface area (Å²) in [5, 5.41) is 8.31. The number of methoxy groups -OCH3 is 1. The largest absolute Gasteiger partial charge is 0.385 e. The van der Waals surface area contributed by atoms with Crippen molar-refractivity contribution in [3.05, 3.63) is 36.2 Å². The molecule has 0 radical (unpaired) electrons. The van der Waals surface area contributed by atoms with Crippen molar-refractivity contribution in [2.45, 2.75) is 13.3 Å². The minimum absolute atomic E-state index is 0.488. The fraction of sp³-hybridized carbons (Fsp3) is 0.312. The van der Waals surface area contributed by atoms with Crippen LogP contribution in [0.1, 0.15) is 12.0 Å². The lowest BCUT2D eigenvalue weighted by Gasteiger charge is -2.07. The average molecular weight is 298 g/mol. The van der Waals surface area contributed by atoms with Gasteiger partial charge in [-0.05, 0) is 18.9 Å². The fourth-order valence-corrected chi connectivity index (χ4v) is 2.37. The first-order chi connectivity index (χ1) is 10.8. The Bertz CT molecular complexity index is 770. The third-order valence-electron chi connectivity index (χ3n) is 3.49. The van der Waals surface area contributed by atoms with Gasteiger partial charge in [0.1, 0.15) is 23.2 Å². The second kappa shape index (κ2) is 6.53. The Morgan fingerprint density at radius 3 is 2.91 bits per heavy atom. The van der Waals surface area contributed by atoms with E-state index < -0.39 is 0 Å². The molecule has 1 N–H and O–H groups in total. The van der Waals surface area contributed by atoms with Crippen LogP contribution < -0.4 is 5.32 Å². The van der Waals surface area contributed by atoms with Crippen molar-refractivity contribution in [1.82, 2.24) is 15.1 Å². The summed E-state index contributed by atoms with van der Waals surface area (Å²) in [5.41, 5.74) is 3.41. The SMILES string of the molecule is COCCCNc1ncnc2onc(-c3ccccc3C)c12. The molecule has 0 aliphatic carbocycles. The summed E-state index contributed by atoms with van der Waals surface area (Å²) in [5.74, 6) is 0.737. The number of rotatable bonds is 6. The quantitative estimate of drug-likeness (QED) is 0.705. The van der Waals surface area contributed by atoms with E-state index >= 15 is 0 Å². The predicted octanol–water partition coefficient (Wildman–Crippen LogP) is 3.04. The third-order valence-corrected chi connectivity index (χ3v) is 3.49. The van der Waals surface area contributed by atoms with Crippen molar-refractivity contribution >= 4 is 16.9 Å². The molecule has 0 saturated carbocycles. The number of hydrogen-bond acceptors (Lipinski definition) is 6. The Labute approximate surface area is 128 Å². The first-order valence-corrected chi connectivity index (χ1v) is 7.20. The van der Waals surface area contributed by atoms with Gasteiger partial charge in [-0.3, -0.25) is 0 Å². The van der Waals surface area contributed by atoms with Gasteiger partial charge in [-0.2, -0.15) is 4.98 Å². The molecule has 6 nitrogen and oxygen atoms in total. The molecule has 0 fully saturated rings. The van der Waals surface area contributed by atoms with E-state index in [1.54, 1.807) is 7.11 Å².